The standard InChI is InChI=1S/C16H22N6O2.2ClH/c1-2-22(8-12-20-15(24-21-12)10-4-3-5-10)16(23)14-13-11(6-7-17-14)18-9-19-13;;/h9-10,14,17H,2-8H2,1H3,(H,18,19);2*1H. The fourth-order valence-electron chi connectivity index (χ4n) is 3.27. The highest BCUT2D eigenvalue weighted by molar-refractivity contribution is 5.85. The molecule has 0 spiro atoms. The molecule has 8 nitrogen and oxygen atoms in total. The van der Waals surface area contributed by atoms with Crippen LogP contribution < -0.4 is 5.32 Å². The van der Waals surface area contributed by atoms with Gasteiger partial charge in [-0.3, -0.25) is 4.79 Å². The summed E-state index contributed by atoms with van der Waals surface area (Å²) in [4.78, 5) is 26.6. The molecule has 26 heavy (non-hydrogen) atoms. The minimum atomic E-state index is -0.405. The van der Waals surface area contributed by atoms with Crippen molar-refractivity contribution in [3.8, 4) is 0 Å². The third-order valence-corrected chi connectivity index (χ3v) is 4.96. The summed E-state index contributed by atoms with van der Waals surface area (Å²) in [6.07, 6.45) is 5.97. The minimum absolute atomic E-state index is 0. The molecule has 0 aromatic carbocycles. The van der Waals surface area contributed by atoms with E-state index in [4.69, 9.17) is 4.52 Å². The molecule has 10 heteroatoms. The molecule has 1 saturated carbocycles. The van der Waals surface area contributed by atoms with Crippen molar-refractivity contribution in [3.05, 3.63) is 29.4 Å². The number of aromatic amines is 1. The van der Waals surface area contributed by atoms with E-state index in [9.17, 15) is 4.79 Å². The Bertz CT molecular complexity index is 730. The second kappa shape index (κ2) is 8.83. The fourth-order valence-corrected chi connectivity index (χ4v) is 3.27. The first-order chi connectivity index (χ1) is 11.8. The Balaban J connectivity index is 0.00000121. The van der Waals surface area contributed by atoms with Crippen molar-refractivity contribution < 1.29 is 9.32 Å². The number of nitrogens with one attached hydrogen (secondary N) is 2. The van der Waals surface area contributed by atoms with E-state index in [0.717, 1.165) is 37.2 Å². The van der Waals surface area contributed by atoms with Gasteiger partial charge in [0.05, 0.1) is 18.6 Å². The zero-order valence-electron chi connectivity index (χ0n) is 14.6. The lowest BCUT2D eigenvalue weighted by molar-refractivity contribution is -0.134. The van der Waals surface area contributed by atoms with Gasteiger partial charge in [-0.15, -0.1) is 24.8 Å². The third-order valence-electron chi connectivity index (χ3n) is 4.96. The summed E-state index contributed by atoms with van der Waals surface area (Å²) in [5.74, 6) is 1.69. The normalized spacial score (nSPS) is 18.9. The van der Waals surface area contributed by atoms with Crippen LogP contribution in [-0.2, 0) is 17.8 Å². The van der Waals surface area contributed by atoms with E-state index in [-0.39, 0.29) is 30.7 Å². The second-order valence-corrected chi connectivity index (χ2v) is 6.43. The number of halogens is 2. The quantitative estimate of drug-likeness (QED) is 0.794. The van der Waals surface area contributed by atoms with Crippen LogP contribution in [0.15, 0.2) is 10.9 Å². The highest BCUT2D eigenvalue weighted by Gasteiger charge is 2.32. The van der Waals surface area contributed by atoms with E-state index in [1.165, 1.54) is 6.42 Å². The number of imidazole rings is 1. The number of rotatable bonds is 5. The number of likely N-dealkylation sites (N-methyl/N-ethyl adjacent to an activating group) is 1. The maximum absolute atomic E-state index is 12.9. The van der Waals surface area contributed by atoms with Crippen LogP contribution in [0.5, 0.6) is 0 Å². The lowest BCUT2D eigenvalue weighted by Crippen LogP contribution is -2.43. The monoisotopic (exact) mass is 402 g/mol. The molecule has 1 aliphatic carbocycles. The van der Waals surface area contributed by atoms with Crippen molar-refractivity contribution in [3.63, 3.8) is 0 Å². The van der Waals surface area contributed by atoms with Crippen LogP contribution in [0.2, 0.25) is 0 Å². The first kappa shape index (κ1) is 20.7. The predicted octanol–water partition coefficient (Wildman–Crippen LogP) is 2.14. The minimum Gasteiger partial charge on any atom is -0.348 e. The fraction of sp³-hybridized carbons (Fsp3) is 0.625. The number of hydrogen-bond acceptors (Lipinski definition) is 6. The number of hydrogen-bond donors (Lipinski definition) is 2. The SMILES string of the molecule is CCN(Cc1noc(C2CCC2)n1)C(=O)C1NCCc2[nH]cnc21.Cl.Cl. The maximum Gasteiger partial charge on any atom is 0.246 e. The first-order valence-electron chi connectivity index (χ1n) is 8.63. The second-order valence-electron chi connectivity index (χ2n) is 6.43. The van der Waals surface area contributed by atoms with Gasteiger partial charge < -0.3 is 19.7 Å². The van der Waals surface area contributed by atoms with E-state index in [0.29, 0.717) is 30.7 Å². The van der Waals surface area contributed by atoms with E-state index in [1.807, 2.05) is 6.92 Å². The van der Waals surface area contributed by atoms with Crippen LogP contribution in [0.4, 0.5) is 0 Å². The molecule has 3 heterocycles. The molecule has 2 N–H and O–H groups in total. The molecular formula is C16H24Cl2N6O2. The van der Waals surface area contributed by atoms with Crippen molar-refractivity contribution in [1.29, 1.82) is 0 Å². The zero-order chi connectivity index (χ0) is 16.5. The van der Waals surface area contributed by atoms with Gasteiger partial charge in [-0.05, 0) is 19.8 Å². The van der Waals surface area contributed by atoms with Gasteiger partial charge in [0, 0.05) is 31.1 Å². The molecule has 1 fully saturated rings. The van der Waals surface area contributed by atoms with Gasteiger partial charge in [-0.25, -0.2) is 4.98 Å². The van der Waals surface area contributed by atoms with Gasteiger partial charge in [0.2, 0.25) is 11.8 Å². The Morgan fingerprint density at radius 1 is 1.38 bits per heavy atom. The van der Waals surface area contributed by atoms with Crippen LogP contribution in [0, 0.1) is 0 Å². The van der Waals surface area contributed by atoms with Crippen molar-refractivity contribution in [2.45, 2.75) is 51.1 Å². The molecule has 1 unspecified atom stereocenters. The zero-order valence-corrected chi connectivity index (χ0v) is 16.2. The van der Waals surface area contributed by atoms with Gasteiger partial charge in [-0.2, -0.15) is 4.98 Å². The summed E-state index contributed by atoms with van der Waals surface area (Å²) in [7, 11) is 0. The molecule has 0 radical (unpaired) electrons. The lowest BCUT2D eigenvalue weighted by atomic mass is 9.85. The van der Waals surface area contributed by atoms with E-state index < -0.39 is 6.04 Å². The van der Waals surface area contributed by atoms with E-state index in [2.05, 4.69) is 25.4 Å². The van der Waals surface area contributed by atoms with Crippen LogP contribution >= 0.6 is 24.8 Å². The molecule has 4 rings (SSSR count). The Kier molecular flexibility index (Phi) is 7.02. The number of fused-ring (bicyclic) bond motifs is 1. The first-order valence-corrected chi connectivity index (χ1v) is 8.63. The molecule has 0 saturated heterocycles. The Hall–Kier alpha value is -1.64. The molecule has 1 atom stereocenters. The topological polar surface area (TPSA) is 99.9 Å². The van der Waals surface area contributed by atoms with Crippen LogP contribution in [0.1, 0.15) is 61.2 Å². The highest BCUT2D eigenvalue weighted by atomic mass is 35.5. The van der Waals surface area contributed by atoms with Gasteiger partial charge in [0.25, 0.3) is 0 Å². The van der Waals surface area contributed by atoms with Gasteiger partial charge in [0.15, 0.2) is 5.82 Å². The number of amides is 1. The van der Waals surface area contributed by atoms with Crippen molar-refractivity contribution >= 4 is 30.7 Å². The Morgan fingerprint density at radius 3 is 2.88 bits per heavy atom. The van der Waals surface area contributed by atoms with Crippen LogP contribution in [-0.4, -0.2) is 44.0 Å². The Labute approximate surface area is 164 Å². The molecular weight excluding hydrogens is 379 g/mol. The molecule has 0 bridgehead atoms. The van der Waals surface area contributed by atoms with Crippen LogP contribution in [0.3, 0.4) is 0 Å². The molecule has 144 valence electrons. The average Bonchev–Trinajstić information content (AvgIpc) is 3.19. The number of carbonyl (C=O) groups is 1. The lowest BCUT2D eigenvalue weighted by Gasteiger charge is -2.28. The number of H-pyrrole nitrogens is 1. The maximum atomic E-state index is 12.9. The third kappa shape index (κ3) is 3.87. The number of carbonyl (C=O) groups excluding carboxylic acids is 1. The van der Waals surface area contributed by atoms with Gasteiger partial charge in [0.1, 0.15) is 6.04 Å². The molecule has 1 aliphatic heterocycles. The van der Waals surface area contributed by atoms with Crippen molar-refractivity contribution in [2.75, 3.05) is 13.1 Å². The molecule has 1 amide bonds. The molecule has 2 aromatic rings. The molecule has 2 aromatic heterocycles. The largest absolute Gasteiger partial charge is 0.348 e. The average molecular weight is 403 g/mol. The summed E-state index contributed by atoms with van der Waals surface area (Å²) < 4.78 is 5.35. The summed E-state index contributed by atoms with van der Waals surface area (Å²) in [6.45, 7) is 3.67. The number of nitrogens with zero attached hydrogens (tertiary/aromatic N) is 4. The van der Waals surface area contributed by atoms with Gasteiger partial charge >= 0.3 is 0 Å². The summed E-state index contributed by atoms with van der Waals surface area (Å²) in [5.41, 5.74) is 1.84. The molecule has 2 aliphatic rings. The van der Waals surface area contributed by atoms with E-state index >= 15 is 0 Å². The summed E-state index contributed by atoms with van der Waals surface area (Å²) >= 11 is 0. The Morgan fingerprint density at radius 2 is 2.19 bits per heavy atom. The van der Waals surface area contributed by atoms with Crippen molar-refractivity contribution in [2.24, 2.45) is 0 Å². The van der Waals surface area contributed by atoms with Crippen molar-refractivity contribution in [1.82, 2.24) is 30.3 Å². The summed E-state index contributed by atoms with van der Waals surface area (Å²) in [6, 6.07) is -0.405. The summed E-state index contributed by atoms with van der Waals surface area (Å²) in [5, 5.41) is 7.31. The predicted molar refractivity (Wildman–Crippen MR) is 99.5 cm³/mol. The van der Waals surface area contributed by atoms with E-state index in [1.54, 1.807) is 11.2 Å². The number of aromatic nitrogens is 4. The highest BCUT2D eigenvalue weighted by Crippen LogP contribution is 2.35. The van der Waals surface area contributed by atoms with Crippen LogP contribution in [0.25, 0.3) is 0 Å². The smallest absolute Gasteiger partial charge is 0.246 e. The van der Waals surface area contributed by atoms with Gasteiger partial charge in [-0.1, -0.05) is 11.6 Å².